The molecule has 0 bridgehead atoms. The number of nitrogens with zero attached hydrogens (tertiary/aromatic N) is 1. The van der Waals surface area contributed by atoms with Crippen molar-refractivity contribution in [2.45, 2.75) is 13.0 Å². The van der Waals surface area contributed by atoms with Crippen molar-refractivity contribution < 1.29 is 15.1 Å². The number of anilines is 1. The standard InChI is InChI=1S/C15H16N2O4/c18-8-7-11-1-3-13(4-2-11)16-10-12-9-14(17(20)21)5-6-15(12)19/h1-6,9,16,18-19H,7-8,10H2. The molecule has 0 unspecified atom stereocenters. The van der Waals surface area contributed by atoms with Gasteiger partial charge in [-0.1, -0.05) is 12.1 Å². The molecular weight excluding hydrogens is 272 g/mol. The van der Waals surface area contributed by atoms with Gasteiger partial charge in [0, 0.05) is 36.5 Å². The lowest BCUT2D eigenvalue weighted by atomic mass is 10.1. The average molecular weight is 288 g/mol. The number of hydrogen-bond donors (Lipinski definition) is 3. The van der Waals surface area contributed by atoms with Gasteiger partial charge in [-0.3, -0.25) is 10.1 Å². The molecule has 0 atom stereocenters. The first-order valence-corrected chi connectivity index (χ1v) is 6.50. The minimum absolute atomic E-state index is 0.0185. The lowest BCUT2D eigenvalue weighted by molar-refractivity contribution is -0.384. The minimum Gasteiger partial charge on any atom is -0.508 e. The van der Waals surface area contributed by atoms with Crippen LogP contribution in [0.25, 0.3) is 0 Å². The first-order valence-electron chi connectivity index (χ1n) is 6.50. The third kappa shape index (κ3) is 3.93. The fourth-order valence-electron chi connectivity index (χ4n) is 1.94. The summed E-state index contributed by atoms with van der Waals surface area (Å²) in [5, 5.41) is 32.4. The van der Waals surface area contributed by atoms with Crippen LogP contribution in [-0.4, -0.2) is 21.7 Å². The largest absolute Gasteiger partial charge is 0.508 e. The molecule has 2 rings (SSSR count). The van der Waals surface area contributed by atoms with Crippen LogP contribution in [0.3, 0.4) is 0 Å². The number of benzene rings is 2. The van der Waals surface area contributed by atoms with Crippen molar-refractivity contribution in [3.63, 3.8) is 0 Å². The topological polar surface area (TPSA) is 95.6 Å². The normalized spacial score (nSPS) is 10.3. The zero-order valence-electron chi connectivity index (χ0n) is 11.3. The van der Waals surface area contributed by atoms with Gasteiger partial charge in [0.15, 0.2) is 0 Å². The number of nitrogens with one attached hydrogen (secondary N) is 1. The Kier molecular flexibility index (Phi) is 4.73. The Balaban J connectivity index is 2.05. The molecule has 0 spiro atoms. The summed E-state index contributed by atoms with van der Waals surface area (Å²) in [6.45, 7) is 0.390. The number of nitro groups is 1. The molecule has 6 heteroatoms. The highest BCUT2D eigenvalue weighted by molar-refractivity contribution is 5.48. The molecule has 0 aliphatic carbocycles. The number of rotatable bonds is 6. The van der Waals surface area contributed by atoms with E-state index < -0.39 is 4.92 Å². The van der Waals surface area contributed by atoms with E-state index in [4.69, 9.17) is 5.11 Å². The van der Waals surface area contributed by atoms with Crippen molar-refractivity contribution in [1.82, 2.24) is 0 Å². The van der Waals surface area contributed by atoms with Crippen LogP contribution >= 0.6 is 0 Å². The van der Waals surface area contributed by atoms with Crippen LogP contribution in [-0.2, 0) is 13.0 Å². The maximum absolute atomic E-state index is 10.7. The zero-order valence-corrected chi connectivity index (χ0v) is 11.3. The van der Waals surface area contributed by atoms with Gasteiger partial charge in [0.05, 0.1) is 4.92 Å². The molecule has 0 radical (unpaired) electrons. The van der Waals surface area contributed by atoms with Gasteiger partial charge in [-0.05, 0) is 30.2 Å². The molecule has 0 saturated carbocycles. The third-order valence-corrected chi connectivity index (χ3v) is 3.11. The number of phenols is 1. The Morgan fingerprint density at radius 1 is 1.14 bits per heavy atom. The van der Waals surface area contributed by atoms with Crippen molar-refractivity contribution in [2.75, 3.05) is 11.9 Å². The summed E-state index contributed by atoms with van der Waals surface area (Å²) < 4.78 is 0. The van der Waals surface area contributed by atoms with Gasteiger partial charge in [0.25, 0.3) is 5.69 Å². The van der Waals surface area contributed by atoms with Crippen LogP contribution in [0, 0.1) is 10.1 Å². The molecule has 0 heterocycles. The Morgan fingerprint density at radius 2 is 1.86 bits per heavy atom. The van der Waals surface area contributed by atoms with Gasteiger partial charge in [-0.25, -0.2) is 0 Å². The van der Waals surface area contributed by atoms with E-state index in [2.05, 4.69) is 5.32 Å². The molecule has 0 aromatic heterocycles. The predicted octanol–water partition coefficient (Wildman–Crippen LogP) is 2.45. The van der Waals surface area contributed by atoms with E-state index in [0.717, 1.165) is 11.3 Å². The predicted molar refractivity (Wildman–Crippen MR) is 79.3 cm³/mol. The van der Waals surface area contributed by atoms with Gasteiger partial charge in [0.2, 0.25) is 0 Å². The van der Waals surface area contributed by atoms with Crippen LogP contribution < -0.4 is 5.32 Å². The molecule has 2 aromatic rings. The van der Waals surface area contributed by atoms with E-state index in [0.29, 0.717) is 12.0 Å². The van der Waals surface area contributed by atoms with Gasteiger partial charge in [0.1, 0.15) is 5.75 Å². The maximum Gasteiger partial charge on any atom is 0.270 e. The van der Waals surface area contributed by atoms with Crippen LogP contribution in [0.15, 0.2) is 42.5 Å². The summed E-state index contributed by atoms with van der Waals surface area (Å²) in [5.41, 5.74) is 2.27. The molecule has 2 aromatic carbocycles. The number of non-ortho nitro benzene ring substituents is 1. The van der Waals surface area contributed by atoms with Crippen LogP contribution in [0.5, 0.6) is 5.75 Å². The lowest BCUT2D eigenvalue weighted by Gasteiger charge is -2.09. The Hall–Kier alpha value is -2.60. The van der Waals surface area contributed by atoms with E-state index >= 15 is 0 Å². The van der Waals surface area contributed by atoms with Crippen LogP contribution in [0.1, 0.15) is 11.1 Å². The van der Waals surface area contributed by atoms with E-state index in [9.17, 15) is 15.2 Å². The molecule has 0 aliphatic rings. The molecular formula is C15H16N2O4. The van der Waals surface area contributed by atoms with Crippen LogP contribution in [0.4, 0.5) is 11.4 Å². The SMILES string of the molecule is O=[N+]([O-])c1ccc(O)c(CNc2ccc(CCO)cc2)c1. The molecule has 110 valence electrons. The van der Waals surface area contributed by atoms with E-state index in [1.807, 2.05) is 24.3 Å². The van der Waals surface area contributed by atoms with Gasteiger partial charge < -0.3 is 15.5 Å². The summed E-state index contributed by atoms with van der Waals surface area (Å²) in [6, 6.07) is 11.4. The average Bonchev–Trinajstić information content (AvgIpc) is 2.48. The maximum atomic E-state index is 10.7. The molecule has 3 N–H and O–H groups in total. The fraction of sp³-hybridized carbons (Fsp3) is 0.200. The second-order valence-electron chi connectivity index (χ2n) is 4.59. The van der Waals surface area contributed by atoms with Crippen molar-refractivity contribution in [3.8, 4) is 5.75 Å². The van der Waals surface area contributed by atoms with E-state index in [1.54, 1.807) is 0 Å². The number of phenolic OH excluding ortho intramolecular Hbond substituents is 1. The number of aliphatic hydroxyl groups excluding tert-OH is 1. The summed E-state index contributed by atoms with van der Waals surface area (Å²) in [4.78, 5) is 10.2. The summed E-state index contributed by atoms with van der Waals surface area (Å²) >= 11 is 0. The Bertz CT molecular complexity index is 626. The quantitative estimate of drug-likeness (QED) is 0.560. The number of aromatic hydroxyl groups is 1. The first-order chi connectivity index (χ1) is 10.1. The van der Waals surface area contributed by atoms with Gasteiger partial charge in [-0.2, -0.15) is 0 Å². The van der Waals surface area contributed by atoms with Crippen molar-refractivity contribution in [3.05, 3.63) is 63.7 Å². The first kappa shape index (κ1) is 14.8. The van der Waals surface area contributed by atoms with E-state index in [-0.39, 0.29) is 24.6 Å². The summed E-state index contributed by atoms with van der Waals surface area (Å²) in [7, 11) is 0. The Labute approximate surface area is 121 Å². The molecule has 0 amide bonds. The molecule has 21 heavy (non-hydrogen) atoms. The monoisotopic (exact) mass is 288 g/mol. The molecule has 0 saturated heterocycles. The van der Waals surface area contributed by atoms with Gasteiger partial charge >= 0.3 is 0 Å². The van der Waals surface area contributed by atoms with E-state index in [1.165, 1.54) is 18.2 Å². The highest BCUT2D eigenvalue weighted by Crippen LogP contribution is 2.24. The molecule has 0 aliphatic heterocycles. The van der Waals surface area contributed by atoms with Crippen molar-refractivity contribution in [2.24, 2.45) is 0 Å². The summed E-state index contributed by atoms with van der Waals surface area (Å²) in [5.74, 6) is 0.0185. The second-order valence-corrected chi connectivity index (χ2v) is 4.59. The zero-order chi connectivity index (χ0) is 15.2. The Morgan fingerprint density at radius 3 is 2.48 bits per heavy atom. The van der Waals surface area contributed by atoms with Crippen molar-refractivity contribution in [1.29, 1.82) is 0 Å². The molecule has 6 nitrogen and oxygen atoms in total. The summed E-state index contributed by atoms with van der Waals surface area (Å²) in [6.07, 6.45) is 0.603. The number of nitro benzene ring substituents is 1. The van der Waals surface area contributed by atoms with Crippen LogP contribution in [0.2, 0.25) is 0 Å². The smallest absolute Gasteiger partial charge is 0.270 e. The lowest BCUT2D eigenvalue weighted by Crippen LogP contribution is -2.01. The highest BCUT2D eigenvalue weighted by Gasteiger charge is 2.10. The minimum atomic E-state index is -0.493. The molecule has 0 fully saturated rings. The number of hydrogen-bond acceptors (Lipinski definition) is 5. The van der Waals surface area contributed by atoms with Gasteiger partial charge in [-0.15, -0.1) is 0 Å². The number of aliphatic hydroxyl groups is 1. The fourth-order valence-corrected chi connectivity index (χ4v) is 1.94. The third-order valence-electron chi connectivity index (χ3n) is 3.11. The second kappa shape index (κ2) is 6.71. The van der Waals surface area contributed by atoms with Crippen molar-refractivity contribution >= 4 is 11.4 Å². The highest BCUT2D eigenvalue weighted by atomic mass is 16.6.